The van der Waals surface area contributed by atoms with Crippen molar-refractivity contribution < 1.29 is 13.2 Å². The Morgan fingerprint density at radius 1 is 1.04 bits per heavy atom. The fourth-order valence-electron chi connectivity index (χ4n) is 2.36. The number of hydrogen-bond donors (Lipinski definition) is 2. The maximum Gasteiger partial charge on any atom is 0.233 e. The van der Waals surface area contributed by atoms with Crippen LogP contribution in [0.2, 0.25) is 0 Å². The quantitative estimate of drug-likeness (QED) is 0.798. The average molecular weight is 358 g/mol. The lowest BCUT2D eigenvalue weighted by molar-refractivity contribution is -0.116. The van der Waals surface area contributed by atoms with E-state index in [0.717, 1.165) is 22.1 Å². The monoisotopic (exact) mass is 358 g/mol. The van der Waals surface area contributed by atoms with Gasteiger partial charge >= 0.3 is 0 Å². The number of sulfonamides is 1. The Bertz CT molecular complexity index is 839. The maximum atomic E-state index is 11.9. The smallest absolute Gasteiger partial charge is 0.233 e. The highest BCUT2D eigenvalue weighted by molar-refractivity contribution is 7.92. The Morgan fingerprint density at radius 2 is 1.68 bits per heavy atom. The molecular formula is C19H22N2O3S. The molecule has 0 unspecified atom stereocenters. The molecule has 0 heterocycles. The lowest BCUT2D eigenvalue weighted by Gasteiger charge is -2.08. The summed E-state index contributed by atoms with van der Waals surface area (Å²) in [6, 6.07) is 14.9. The van der Waals surface area contributed by atoms with Gasteiger partial charge in [0.05, 0.1) is 0 Å². The summed E-state index contributed by atoms with van der Waals surface area (Å²) in [4.78, 5) is 11.9. The van der Waals surface area contributed by atoms with Gasteiger partial charge in [-0.2, -0.15) is 0 Å². The predicted molar refractivity (Wildman–Crippen MR) is 102 cm³/mol. The summed E-state index contributed by atoms with van der Waals surface area (Å²) in [6.45, 7) is 3.95. The molecule has 2 rings (SSSR count). The SMILES string of the molecule is Cc1cc(C)cc(NC(=O)CCNS(=O)(=O)C=Cc2ccccc2)c1. The summed E-state index contributed by atoms with van der Waals surface area (Å²) in [7, 11) is -3.57. The first-order valence-corrected chi connectivity index (χ1v) is 9.50. The van der Waals surface area contributed by atoms with Crippen molar-refractivity contribution in [3.05, 3.63) is 70.6 Å². The van der Waals surface area contributed by atoms with Gasteiger partial charge in [-0.3, -0.25) is 4.79 Å². The number of amides is 1. The minimum atomic E-state index is -3.57. The van der Waals surface area contributed by atoms with Crippen molar-refractivity contribution in [1.29, 1.82) is 0 Å². The highest BCUT2D eigenvalue weighted by Crippen LogP contribution is 2.13. The van der Waals surface area contributed by atoms with Crippen LogP contribution in [0.1, 0.15) is 23.1 Å². The molecule has 132 valence electrons. The van der Waals surface area contributed by atoms with E-state index in [4.69, 9.17) is 0 Å². The van der Waals surface area contributed by atoms with Crippen molar-refractivity contribution in [2.24, 2.45) is 0 Å². The zero-order chi connectivity index (χ0) is 18.3. The Morgan fingerprint density at radius 3 is 2.32 bits per heavy atom. The van der Waals surface area contributed by atoms with Crippen LogP contribution in [-0.4, -0.2) is 20.9 Å². The standard InChI is InChI=1S/C19H22N2O3S/c1-15-12-16(2)14-18(13-15)21-19(22)8-10-20-25(23,24)11-9-17-6-4-3-5-7-17/h3-7,9,11-14,20H,8,10H2,1-2H3,(H,21,22). The number of nitrogens with one attached hydrogen (secondary N) is 2. The third kappa shape index (κ3) is 6.91. The van der Waals surface area contributed by atoms with Crippen molar-refractivity contribution in [2.45, 2.75) is 20.3 Å². The summed E-state index contributed by atoms with van der Waals surface area (Å²) in [5.41, 5.74) is 3.62. The van der Waals surface area contributed by atoms with Crippen LogP contribution in [0.3, 0.4) is 0 Å². The molecular weight excluding hydrogens is 336 g/mol. The largest absolute Gasteiger partial charge is 0.326 e. The molecule has 2 aromatic carbocycles. The van der Waals surface area contributed by atoms with Crippen molar-refractivity contribution in [1.82, 2.24) is 4.72 Å². The van der Waals surface area contributed by atoms with Crippen molar-refractivity contribution in [3.8, 4) is 0 Å². The lowest BCUT2D eigenvalue weighted by Crippen LogP contribution is -2.26. The van der Waals surface area contributed by atoms with Gasteiger partial charge in [0, 0.05) is 24.1 Å². The first-order chi connectivity index (χ1) is 11.8. The van der Waals surface area contributed by atoms with Crippen LogP contribution >= 0.6 is 0 Å². The van der Waals surface area contributed by atoms with Gasteiger partial charge in [0.2, 0.25) is 15.9 Å². The van der Waals surface area contributed by atoms with Gasteiger partial charge < -0.3 is 5.32 Å². The normalized spacial score (nSPS) is 11.6. The van der Waals surface area contributed by atoms with Gasteiger partial charge in [0.25, 0.3) is 0 Å². The molecule has 2 aromatic rings. The van der Waals surface area contributed by atoms with Crippen LogP contribution in [0.15, 0.2) is 53.9 Å². The first kappa shape index (κ1) is 18.9. The summed E-state index contributed by atoms with van der Waals surface area (Å²) in [6.07, 6.45) is 1.57. The van der Waals surface area contributed by atoms with E-state index in [-0.39, 0.29) is 18.9 Å². The second-order valence-corrected chi connectivity index (χ2v) is 7.48. The Hall–Kier alpha value is -2.44. The summed E-state index contributed by atoms with van der Waals surface area (Å²) < 4.78 is 26.2. The molecule has 0 aliphatic carbocycles. The number of hydrogen-bond acceptors (Lipinski definition) is 3. The van der Waals surface area contributed by atoms with Crippen LogP contribution in [0, 0.1) is 13.8 Å². The van der Waals surface area contributed by atoms with Gasteiger partial charge in [0.1, 0.15) is 0 Å². The van der Waals surface area contributed by atoms with Crippen LogP contribution < -0.4 is 10.0 Å². The number of aryl methyl sites for hydroxylation is 2. The Labute approximate surface area is 148 Å². The Kier molecular flexibility index (Phi) is 6.50. The number of benzene rings is 2. The molecule has 0 aromatic heterocycles. The van der Waals surface area contributed by atoms with Crippen LogP contribution in [-0.2, 0) is 14.8 Å². The van der Waals surface area contributed by atoms with Crippen LogP contribution in [0.4, 0.5) is 5.69 Å². The minimum absolute atomic E-state index is 0.0398. The summed E-state index contributed by atoms with van der Waals surface area (Å²) in [5, 5.41) is 3.88. The molecule has 0 spiro atoms. The number of carbonyl (C=O) groups is 1. The number of rotatable bonds is 7. The first-order valence-electron chi connectivity index (χ1n) is 7.95. The average Bonchev–Trinajstić information content (AvgIpc) is 2.53. The van der Waals surface area contributed by atoms with Crippen LogP contribution in [0.25, 0.3) is 6.08 Å². The molecule has 5 nitrogen and oxygen atoms in total. The van der Waals surface area contributed by atoms with Gasteiger partial charge in [-0.15, -0.1) is 0 Å². The molecule has 0 radical (unpaired) electrons. The zero-order valence-electron chi connectivity index (χ0n) is 14.3. The molecule has 0 aliphatic heterocycles. The third-order valence-corrected chi connectivity index (χ3v) is 4.50. The van der Waals surface area contributed by atoms with Crippen molar-refractivity contribution >= 4 is 27.7 Å². The third-order valence-electron chi connectivity index (χ3n) is 3.40. The topological polar surface area (TPSA) is 75.3 Å². The molecule has 0 atom stereocenters. The highest BCUT2D eigenvalue weighted by Gasteiger charge is 2.08. The minimum Gasteiger partial charge on any atom is -0.326 e. The number of anilines is 1. The van der Waals surface area contributed by atoms with E-state index in [0.29, 0.717) is 5.69 Å². The maximum absolute atomic E-state index is 11.9. The molecule has 0 aliphatic rings. The zero-order valence-corrected chi connectivity index (χ0v) is 15.1. The van der Waals surface area contributed by atoms with E-state index < -0.39 is 10.0 Å². The van der Waals surface area contributed by atoms with Crippen molar-refractivity contribution in [3.63, 3.8) is 0 Å². The molecule has 2 N–H and O–H groups in total. The molecule has 0 saturated heterocycles. The molecule has 0 saturated carbocycles. The predicted octanol–water partition coefficient (Wildman–Crippen LogP) is 3.22. The van der Waals surface area contributed by atoms with E-state index in [1.54, 1.807) is 0 Å². The van der Waals surface area contributed by atoms with E-state index in [9.17, 15) is 13.2 Å². The second kappa shape index (κ2) is 8.60. The molecule has 6 heteroatoms. The van der Waals surface area contributed by atoms with E-state index in [1.807, 2.05) is 62.4 Å². The molecule has 25 heavy (non-hydrogen) atoms. The summed E-state index contributed by atoms with van der Waals surface area (Å²) >= 11 is 0. The van der Waals surface area contributed by atoms with Gasteiger partial charge in [0.15, 0.2) is 0 Å². The second-order valence-electron chi connectivity index (χ2n) is 5.83. The number of carbonyl (C=O) groups excluding carboxylic acids is 1. The molecule has 1 amide bonds. The van der Waals surface area contributed by atoms with E-state index >= 15 is 0 Å². The highest BCUT2D eigenvalue weighted by atomic mass is 32.2. The molecule has 0 fully saturated rings. The van der Waals surface area contributed by atoms with Gasteiger partial charge in [-0.05, 0) is 48.7 Å². The Balaban J connectivity index is 1.82. The fraction of sp³-hybridized carbons (Fsp3) is 0.211. The van der Waals surface area contributed by atoms with Crippen LogP contribution in [0.5, 0.6) is 0 Å². The fourth-order valence-corrected chi connectivity index (χ4v) is 3.18. The summed E-state index contributed by atoms with van der Waals surface area (Å²) in [5.74, 6) is -0.236. The van der Waals surface area contributed by atoms with E-state index in [2.05, 4.69) is 10.0 Å². The van der Waals surface area contributed by atoms with E-state index in [1.165, 1.54) is 6.08 Å². The molecule has 0 bridgehead atoms. The van der Waals surface area contributed by atoms with Gasteiger partial charge in [-0.1, -0.05) is 36.4 Å². The van der Waals surface area contributed by atoms with Gasteiger partial charge in [-0.25, -0.2) is 13.1 Å². The van der Waals surface area contributed by atoms with Crippen molar-refractivity contribution in [2.75, 3.05) is 11.9 Å². The lowest BCUT2D eigenvalue weighted by atomic mass is 10.1.